The quantitative estimate of drug-likeness (QED) is 0.414. The second-order valence-electron chi connectivity index (χ2n) is 7.77. The van der Waals surface area contributed by atoms with E-state index in [-0.39, 0.29) is 5.52 Å². The molecule has 3 aromatic carbocycles. The number of nitrogens with zero attached hydrogens (tertiary/aromatic N) is 7. The molecule has 6 rings (SSSR count). The smallest absolute Gasteiger partial charge is 0.306 e. The van der Waals surface area contributed by atoms with E-state index in [1.54, 1.807) is 21.4 Å². The zero-order valence-corrected chi connectivity index (χ0v) is 18.7. The molecular formula is C24H17ClN8O. The van der Waals surface area contributed by atoms with Gasteiger partial charge in [-0.2, -0.15) is 14.2 Å². The molecule has 166 valence electrons. The van der Waals surface area contributed by atoms with Crippen molar-refractivity contribution in [3.05, 3.63) is 99.8 Å². The molecule has 3 aromatic heterocycles. The highest BCUT2D eigenvalue weighted by Gasteiger charge is 2.21. The third kappa shape index (κ3) is 3.30. The Kier molecular flexibility index (Phi) is 4.63. The molecule has 1 N–H and O–H groups in total. The summed E-state index contributed by atoms with van der Waals surface area (Å²) < 4.78 is 4.55. The van der Waals surface area contributed by atoms with E-state index in [4.69, 9.17) is 16.6 Å². The van der Waals surface area contributed by atoms with Gasteiger partial charge < -0.3 is 5.32 Å². The zero-order chi connectivity index (χ0) is 23.2. The van der Waals surface area contributed by atoms with Gasteiger partial charge in [0.05, 0.1) is 11.4 Å². The fraction of sp³-hybridized carbons (Fsp3) is 0.0417. The molecule has 0 radical (unpaired) electrons. The van der Waals surface area contributed by atoms with E-state index in [2.05, 4.69) is 20.7 Å². The number of hydrogen-bond acceptors (Lipinski definition) is 6. The lowest BCUT2D eigenvalue weighted by atomic mass is 10.2. The summed E-state index contributed by atoms with van der Waals surface area (Å²) in [6.45, 7) is 2.01. The highest BCUT2D eigenvalue weighted by Crippen LogP contribution is 2.24. The Bertz CT molecular complexity index is 1720. The van der Waals surface area contributed by atoms with Crippen LogP contribution in [0.1, 0.15) is 5.56 Å². The minimum atomic E-state index is -0.415. The van der Waals surface area contributed by atoms with Crippen LogP contribution in [0.2, 0.25) is 5.02 Å². The van der Waals surface area contributed by atoms with Crippen molar-refractivity contribution in [1.29, 1.82) is 0 Å². The molecule has 0 spiro atoms. The summed E-state index contributed by atoms with van der Waals surface area (Å²) in [5, 5.41) is 16.7. The zero-order valence-electron chi connectivity index (χ0n) is 17.9. The Morgan fingerprint density at radius 2 is 1.71 bits per heavy atom. The molecule has 0 fully saturated rings. The third-order valence-corrected chi connectivity index (χ3v) is 5.66. The lowest BCUT2D eigenvalue weighted by molar-refractivity contribution is 0.817. The van der Waals surface area contributed by atoms with Gasteiger partial charge in [0.25, 0.3) is 0 Å². The first kappa shape index (κ1) is 20.1. The minimum absolute atomic E-state index is 0.129. The number of aromatic nitrogens is 7. The number of para-hydroxylation sites is 1. The van der Waals surface area contributed by atoms with Gasteiger partial charge in [0, 0.05) is 10.7 Å². The van der Waals surface area contributed by atoms with E-state index in [1.807, 2.05) is 73.7 Å². The lowest BCUT2D eigenvalue weighted by Crippen LogP contribution is -2.17. The van der Waals surface area contributed by atoms with Gasteiger partial charge in [-0.3, -0.25) is 4.79 Å². The minimum Gasteiger partial charge on any atom is -0.324 e. The maximum absolute atomic E-state index is 13.4. The first-order valence-corrected chi connectivity index (χ1v) is 10.9. The van der Waals surface area contributed by atoms with E-state index in [0.717, 1.165) is 22.6 Å². The summed E-state index contributed by atoms with van der Waals surface area (Å²) >= 11 is 6.12. The highest BCUT2D eigenvalue weighted by atomic mass is 35.5. The van der Waals surface area contributed by atoms with Crippen molar-refractivity contribution in [2.45, 2.75) is 6.92 Å². The second kappa shape index (κ2) is 7.82. The van der Waals surface area contributed by atoms with Crippen LogP contribution in [0.25, 0.3) is 28.3 Å². The van der Waals surface area contributed by atoms with Crippen LogP contribution >= 0.6 is 11.6 Å². The van der Waals surface area contributed by atoms with Crippen LogP contribution in [0, 0.1) is 6.92 Å². The Morgan fingerprint density at radius 3 is 2.47 bits per heavy atom. The van der Waals surface area contributed by atoms with Crippen LogP contribution in [-0.4, -0.2) is 34.2 Å². The standard InChI is InChI=1S/C24H17ClN8O/c1-15-6-5-7-17(14-15)26-23-29-33-22(34)20-21(32(30-28-20)19-8-3-2-4-9-19)27-24(33)31(23)18-12-10-16(25)11-13-18/h2-14H,1H3,(H,26,29). The maximum atomic E-state index is 13.4. The Hall–Kier alpha value is -4.50. The fourth-order valence-electron chi connectivity index (χ4n) is 3.82. The fourth-order valence-corrected chi connectivity index (χ4v) is 3.95. The Morgan fingerprint density at radius 1 is 0.912 bits per heavy atom. The van der Waals surface area contributed by atoms with E-state index >= 15 is 0 Å². The van der Waals surface area contributed by atoms with Crippen LogP contribution in [0.15, 0.2) is 83.7 Å². The number of fused-ring (bicyclic) bond motifs is 2. The molecule has 0 aliphatic carbocycles. The first-order valence-electron chi connectivity index (χ1n) is 10.5. The molecule has 0 atom stereocenters. The molecule has 0 saturated carbocycles. The number of benzene rings is 3. The lowest BCUT2D eigenvalue weighted by Gasteiger charge is -2.10. The molecule has 0 amide bonds. The van der Waals surface area contributed by atoms with Gasteiger partial charge in [0.2, 0.25) is 11.7 Å². The van der Waals surface area contributed by atoms with Crippen molar-refractivity contribution < 1.29 is 0 Å². The van der Waals surface area contributed by atoms with E-state index in [9.17, 15) is 4.79 Å². The van der Waals surface area contributed by atoms with Gasteiger partial charge in [-0.1, -0.05) is 47.1 Å². The van der Waals surface area contributed by atoms with Crippen molar-refractivity contribution in [1.82, 2.24) is 34.2 Å². The van der Waals surface area contributed by atoms with Gasteiger partial charge in [-0.05, 0) is 61.0 Å². The molecule has 6 aromatic rings. The number of hydrogen-bond donors (Lipinski definition) is 1. The van der Waals surface area contributed by atoms with Crippen molar-refractivity contribution >= 4 is 40.2 Å². The van der Waals surface area contributed by atoms with Gasteiger partial charge in [-0.25, -0.2) is 4.57 Å². The number of rotatable bonds is 4. The van der Waals surface area contributed by atoms with Gasteiger partial charge >= 0.3 is 5.56 Å². The molecule has 0 aliphatic rings. The molecular weight excluding hydrogens is 452 g/mol. The molecule has 9 nitrogen and oxygen atoms in total. The number of aryl methyl sites for hydroxylation is 1. The summed E-state index contributed by atoms with van der Waals surface area (Å²) in [5.74, 6) is 0.735. The van der Waals surface area contributed by atoms with E-state index < -0.39 is 5.56 Å². The summed E-state index contributed by atoms with van der Waals surface area (Å²) in [7, 11) is 0. The average molecular weight is 469 g/mol. The largest absolute Gasteiger partial charge is 0.324 e. The second-order valence-corrected chi connectivity index (χ2v) is 8.20. The molecule has 34 heavy (non-hydrogen) atoms. The van der Waals surface area contributed by atoms with E-state index in [0.29, 0.717) is 22.4 Å². The summed E-state index contributed by atoms with van der Waals surface area (Å²) in [5.41, 5.74) is 3.46. The molecule has 0 aliphatic heterocycles. The molecule has 3 heterocycles. The Labute approximate surface area is 197 Å². The molecule has 0 saturated heterocycles. The number of nitrogens with one attached hydrogen (secondary N) is 1. The predicted octanol–water partition coefficient (Wildman–Crippen LogP) is 4.32. The normalized spacial score (nSPS) is 11.4. The highest BCUT2D eigenvalue weighted by molar-refractivity contribution is 6.30. The topological polar surface area (TPSA) is 94.9 Å². The SMILES string of the molecule is Cc1cccc(Nc2nn3c(=O)c4nnn(-c5ccccc5)c4nc3n2-c2ccc(Cl)cc2)c1. The summed E-state index contributed by atoms with van der Waals surface area (Å²) in [6.07, 6.45) is 0. The van der Waals surface area contributed by atoms with Crippen LogP contribution in [0.4, 0.5) is 11.6 Å². The van der Waals surface area contributed by atoms with Crippen molar-refractivity contribution in [2.24, 2.45) is 0 Å². The van der Waals surface area contributed by atoms with E-state index in [1.165, 1.54) is 4.52 Å². The molecule has 10 heteroatoms. The summed E-state index contributed by atoms with van der Waals surface area (Å²) in [6, 6.07) is 24.5. The van der Waals surface area contributed by atoms with Crippen LogP contribution in [0.3, 0.4) is 0 Å². The Balaban J connectivity index is 1.64. The maximum Gasteiger partial charge on any atom is 0.306 e. The average Bonchev–Trinajstić information content (AvgIpc) is 3.43. The van der Waals surface area contributed by atoms with Crippen molar-refractivity contribution in [3.63, 3.8) is 0 Å². The molecule has 0 bridgehead atoms. The predicted molar refractivity (Wildman–Crippen MR) is 130 cm³/mol. The van der Waals surface area contributed by atoms with Crippen LogP contribution in [-0.2, 0) is 0 Å². The first-order chi connectivity index (χ1) is 16.6. The van der Waals surface area contributed by atoms with Crippen molar-refractivity contribution in [3.8, 4) is 11.4 Å². The van der Waals surface area contributed by atoms with Gasteiger partial charge in [-0.15, -0.1) is 10.2 Å². The van der Waals surface area contributed by atoms with Gasteiger partial charge in [0.1, 0.15) is 0 Å². The number of anilines is 2. The summed E-state index contributed by atoms with van der Waals surface area (Å²) in [4.78, 5) is 18.2. The number of halogens is 1. The third-order valence-electron chi connectivity index (χ3n) is 5.40. The van der Waals surface area contributed by atoms with Crippen molar-refractivity contribution in [2.75, 3.05) is 5.32 Å². The van der Waals surface area contributed by atoms with Gasteiger partial charge in [0.15, 0.2) is 11.2 Å². The van der Waals surface area contributed by atoms with Crippen LogP contribution in [0.5, 0.6) is 0 Å². The molecule has 0 unspecified atom stereocenters. The van der Waals surface area contributed by atoms with Crippen LogP contribution < -0.4 is 10.9 Å². The monoisotopic (exact) mass is 468 g/mol.